The van der Waals surface area contributed by atoms with Crippen LogP contribution in [0.3, 0.4) is 0 Å². The summed E-state index contributed by atoms with van der Waals surface area (Å²) >= 11 is 0. The van der Waals surface area contributed by atoms with E-state index in [1.54, 1.807) is 0 Å². The molecule has 0 radical (unpaired) electrons. The molecule has 37 heavy (non-hydrogen) atoms. The van der Waals surface area contributed by atoms with Crippen molar-refractivity contribution in [2.75, 3.05) is 0 Å². The van der Waals surface area contributed by atoms with Gasteiger partial charge in [0.05, 0.1) is 5.92 Å². The van der Waals surface area contributed by atoms with E-state index in [0.29, 0.717) is 30.6 Å². The topological polar surface area (TPSA) is 64.6 Å². The Balaban J connectivity index is 1.61. The van der Waals surface area contributed by atoms with E-state index in [1.807, 2.05) is 39.0 Å². The molecule has 1 amide bonds. The van der Waals surface area contributed by atoms with Crippen LogP contribution in [0.15, 0.2) is 48.5 Å². The Morgan fingerprint density at radius 2 is 1.70 bits per heavy atom. The van der Waals surface area contributed by atoms with E-state index in [9.17, 15) is 9.59 Å². The number of rotatable bonds is 5. The Bertz CT molecular complexity index is 1090. The van der Waals surface area contributed by atoms with Gasteiger partial charge < -0.3 is 14.8 Å². The van der Waals surface area contributed by atoms with Crippen molar-refractivity contribution in [1.29, 1.82) is 0 Å². The molecule has 1 N–H and O–H groups in total. The van der Waals surface area contributed by atoms with Gasteiger partial charge in [0.15, 0.2) is 0 Å². The molecule has 200 valence electrons. The number of nitrogens with one attached hydrogen (secondary N) is 1. The van der Waals surface area contributed by atoms with Gasteiger partial charge in [0.1, 0.15) is 11.7 Å². The first-order valence-electron chi connectivity index (χ1n) is 13.9. The highest BCUT2D eigenvalue weighted by molar-refractivity contribution is 5.81. The maximum Gasteiger partial charge on any atom is 0.407 e. The van der Waals surface area contributed by atoms with Gasteiger partial charge in [-0.3, -0.25) is 4.79 Å². The van der Waals surface area contributed by atoms with Gasteiger partial charge in [0.25, 0.3) is 0 Å². The third-order valence-corrected chi connectivity index (χ3v) is 7.85. The molecule has 0 heterocycles. The Morgan fingerprint density at radius 3 is 2.38 bits per heavy atom. The van der Waals surface area contributed by atoms with Crippen LogP contribution < -0.4 is 5.32 Å². The molecule has 5 heteroatoms. The fraction of sp³-hybridized carbons (Fsp3) is 0.562. The second-order valence-electron chi connectivity index (χ2n) is 12.4. The lowest BCUT2D eigenvalue weighted by molar-refractivity contribution is -0.158. The van der Waals surface area contributed by atoms with Crippen LogP contribution in [0.25, 0.3) is 11.1 Å². The van der Waals surface area contributed by atoms with Gasteiger partial charge >= 0.3 is 12.1 Å². The summed E-state index contributed by atoms with van der Waals surface area (Å²) in [5.74, 6) is 0.798. The molecule has 0 saturated heterocycles. The fourth-order valence-corrected chi connectivity index (χ4v) is 5.96. The maximum atomic E-state index is 13.8. The van der Waals surface area contributed by atoms with Crippen molar-refractivity contribution in [3.63, 3.8) is 0 Å². The van der Waals surface area contributed by atoms with Gasteiger partial charge in [-0.15, -0.1) is 0 Å². The largest absolute Gasteiger partial charge is 0.462 e. The third-order valence-electron chi connectivity index (χ3n) is 7.85. The summed E-state index contributed by atoms with van der Waals surface area (Å²) in [6.45, 7) is 12.3. The van der Waals surface area contributed by atoms with Gasteiger partial charge in [-0.25, -0.2) is 4.79 Å². The standard InChI is InChI=1S/C32H43NO4/c1-20(2)26-15-12-21(3)16-29(26)36-30(34)28-19-25(33-31(35)37-32(4,5)6)17-24-14-13-23(18-27(24)28)22-10-8-7-9-11-22/h7-11,13-14,18,20-21,25-26,28-29H,12,15-17,19H2,1-6H3,(H,33,35)/t21-,25+,26+,28-,29-/m1/s1. The average molecular weight is 506 g/mol. The second kappa shape index (κ2) is 11.3. The quantitative estimate of drug-likeness (QED) is 0.434. The Kier molecular flexibility index (Phi) is 8.30. The number of hydrogen-bond donors (Lipinski definition) is 1. The first kappa shape index (κ1) is 27.2. The molecule has 0 unspecified atom stereocenters. The Morgan fingerprint density at radius 1 is 0.973 bits per heavy atom. The van der Waals surface area contributed by atoms with Gasteiger partial charge in [0.2, 0.25) is 0 Å². The van der Waals surface area contributed by atoms with Crippen LogP contribution >= 0.6 is 0 Å². The lowest BCUT2D eigenvalue weighted by Crippen LogP contribution is -2.44. The van der Waals surface area contributed by atoms with Crippen molar-refractivity contribution in [1.82, 2.24) is 5.32 Å². The normalized spacial score (nSPS) is 25.8. The summed E-state index contributed by atoms with van der Waals surface area (Å²) in [5, 5.41) is 3.02. The molecule has 5 atom stereocenters. The number of alkyl carbamates (subject to hydrolysis) is 1. The fourth-order valence-electron chi connectivity index (χ4n) is 5.96. The summed E-state index contributed by atoms with van der Waals surface area (Å²) < 4.78 is 11.8. The molecule has 4 rings (SSSR count). The highest BCUT2D eigenvalue weighted by Gasteiger charge is 2.39. The summed E-state index contributed by atoms with van der Waals surface area (Å²) in [6, 6.07) is 16.4. The van der Waals surface area contributed by atoms with E-state index < -0.39 is 17.6 Å². The van der Waals surface area contributed by atoms with Crippen LogP contribution in [0.1, 0.15) is 84.3 Å². The van der Waals surface area contributed by atoms with Gasteiger partial charge in [-0.1, -0.05) is 75.7 Å². The molecule has 0 aliphatic heterocycles. The molecule has 0 bridgehead atoms. The zero-order valence-corrected chi connectivity index (χ0v) is 23.3. The molecule has 2 aromatic rings. The molecule has 1 fully saturated rings. The molecule has 2 aliphatic rings. The number of esters is 1. The van der Waals surface area contributed by atoms with Crippen LogP contribution in [-0.4, -0.2) is 29.8 Å². The van der Waals surface area contributed by atoms with Crippen molar-refractivity contribution in [2.24, 2.45) is 17.8 Å². The summed E-state index contributed by atoms with van der Waals surface area (Å²) in [6.07, 6.45) is 3.84. The zero-order valence-electron chi connectivity index (χ0n) is 23.3. The predicted molar refractivity (Wildman–Crippen MR) is 147 cm³/mol. The van der Waals surface area contributed by atoms with Crippen LogP contribution in [-0.2, 0) is 20.7 Å². The molecule has 0 spiro atoms. The number of fused-ring (bicyclic) bond motifs is 1. The summed E-state index contributed by atoms with van der Waals surface area (Å²) in [4.78, 5) is 26.4. The summed E-state index contributed by atoms with van der Waals surface area (Å²) in [7, 11) is 0. The maximum absolute atomic E-state index is 13.8. The van der Waals surface area contributed by atoms with E-state index in [1.165, 1.54) is 6.42 Å². The minimum atomic E-state index is -0.580. The van der Waals surface area contributed by atoms with E-state index in [0.717, 1.165) is 35.1 Å². The number of carbonyl (C=O) groups is 2. The van der Waals surface area contributed by atoms with Gasteiger partial charge in [-0.2, -0.15) is 0 Å². The number of ether oxygens (including phenoxy) is 2. The monoisotopic (exact) mass is 505 g/mol. The van der Waals surface area contributed by atoms with Crippen molar-refractivity contribution in [2.45, 2.75) is 97.3 Å². The lowest BCUT2D eigenvalue weighted by Gasteiger charge is -2.38. The van der Waals surface area contributed by atoms with Crippen LogP contribution in [0.2, 0.25) is 0 Å². The number of amides is 1. The second-order valence-corrected chi connectivity index (χ2v) is 12.4. The minimum absolute atomic E-state index is 0.0591. The van der Waals surface area contributed by atoms with Crippen LogP contribution in [0.5, 0.6) is 0 Å². The first-order chi connectivity index (χ1) is 17.5. The predicted octanol–water partition coefficient (Wildman–Crippen LogP) is 7.28. The number of hydrogen-bond acceptors (Lipinski definition) is 4. The number of carbonyl (C=O) groups excluding carboxylic acids is 2. The smallest absolute Gasteiger partial charge is 0.407 e. The van der Waals surface area contributed by atoms with Gasteiger partial charge in [0, 0.05) is 6.04 Å². The Hall–Kier alpha value is -2.82. The van der Waals surface area contributed by atoms with E-state index in [4.69, 9.17) is 9.47 Å². The van der Waals surface area contributed by atoms with Crippen molar-refractivity contribution in [3.05, 3.63) is 59.7 Å². The Labute approximate surface area is 222 Å². The van der Waals surface area contributed by atoms with Crippen LogP contribution in [0.4, 0.5) is 4.79 Å². The van der Waals surface area contributed by atoms with E-state index in [-0.39, 0.29) is 18.1 Å². The molecule has 2 aromatic carbocycles. The summed E-state index contributed by atoms with van der Waals surface area (Å²) in [5.41, 5.74) is 3.71. The third kappa shape index (κ3) is 6.94. The van der Waals surface area contributed by atoms with E-state index >= 15 is 0 Å². The van der Waals surface area contributed by atoms with Gasteiger partial charge in [-0.05, 0) is 86.5 Å². The van der Waals surface area contributed by atoms with Crippen molar-refractivity contribution >= 4 is 12.1 Å². The van der Waals surface area contributed by atoms with Crippen LogP contribution in [0, 0.1) is 17.8 Å². The molecule has 1 saturated carbocycles. The van der Waals surface area contributed by atoms with Crippen molar-refractivity contribution in [3.8, 4) is 11.1 Å². The highest BCUT2D eigenvalue weighted by Crippen LogP contribution is 2.39. The molecular weight excluding hydrogens is 462 g/mol. The molecule has 5 nitrogen and oxygen atoms in total. The number of benzene rings is 2. The highest BCUT2D eigenvalue weighted by atomic mass is 16.6. The molecular formula is C32H43NO4. The lowest BCUT2D eigenvalue weighted by atomic mass is 9.75. The zero-order chi connectivity index (χ0) is 26.7. The molecule has 0 aromatic heterocycles. The average Bonchev–Trinajstić information content (AvgIpc) is 2.82. The SMILES string of the molecule is CC(C)[C@@H]1CC[C@@H](C)C[C@H]1OC(=O)[C@@H]1C[C@@H](NC(=O)OC(C)(C)C)Cc2ccc(-c3ccccc3)cc21. The first-order valence-corrected chi connectivity index (χ1v) is 13.9. The minimum Gasteiger partial charge on any atom is -0.462 e. The molecule has 2 aliphatic carbocycles. The van der Waals surface area contributed by atoms with E-state index in [2.05, 4.69) is 56.4 Å². The van der Waals surface area contributed by atoms with Crippen molar-refractivity contribution < 1.29 is 19.1 Å².